The molecule has 7 rings (SSSR count). The lowest BCUT2D eigenvalue weighted by Crippen LogP contribution is -2.55. The minimum absolute atomic E-state index is 0.0274. The Hall–Kier alpha value is -4.64. The Morgan fingerprint density at radius 2 is 1.87 bits per heavy atom. The zero-order valence-corrected chi connectivity index (χ0v) is 26.2. The van der Waals surface area contributed by atoms with Gasteiger partial charge < -0.3 is 34.8 Å². The second-order valence-electron chi connectivity index (χ2n) is 12.9. The van der Waals surface area contributed by atoms with Crippen molar-refractivity contribution >= 4 is 17.5 Å². The largest absolute Gasteiger partial charge is 0.469 e. The Morgan fingerprint density at radius 1 is 1.07 bits per heavy atom. The standard InChI is InChI=1S/C34H38N6O5/c1-16(2)25(35-6)30(42)37-23-14-19-11-12-24-21(13-19)34(20-9-7-8-10-22(20)38-33(34)44-24)28-27(31-36-18(5)15-43-31)40-32(45-28)26(17(3)4)39-29(23)41/h7-13,15-17,23,25-26,33,35,38H,14H2,1-6H3,(H,37,42)(H,39,41)/t23-,25?,26-,33?,34?/m0/s1. The molecule has 5 atom stereocenters. The van der Waals surface area contributed by atoms with Crippen LogP contribution in [-0.4, -0.2) is 47.1 Å². The number of hydrogen-bond donors (Lipinski definition) is 4. The molecule has 2 aromatic heterocycles. The van der Waals surface area contributed by atoms with Crippen molar-refractivity contribution in [1.82, 2.24) is 25.9 Å². The molecule has 11 nitrogen and oxygen atoms in total. The van der Waals surface area contributed by atoms with Gasteiger partial charge in [-0.25, -0.2) is 9.97 Å². The third-order valence-electron chi connectivity index (χ3n) is 9.13. The van der Waals surface area contributed by atoms with Gasteiger partial charge in [-0.1, -0.05) is 58.0 Å². The fourth-order valence-corrected chi connectivity index (χ4v) is 6.94. The number of rotatable bonds is 6. The zero-order chi connectivity index (χ0) is 31.6. The number of aryl methyl sites for hydroxylation is 1. The number of nitrogens with one attached hydrogen (secondary N) is 4. The molecule has 4 N–H and O–H groups in total. The van der Waals surface area contributed by atoms with E-state index in [9.17, 15) is 9.59 Å². The highest BCUT2D eigenvalue weighted by molar-refractivity contribution is 5.90. The van der Waals surface area contributed by atoms with Crippen LogP contribution in [0.1, 0.15) is 67.8 Å². The van der Waals surface area contributed by atoms with Crippen LogP contribution >= 0.6 is 0 Å². The smallest absolute Gasteiger partial charge is 0.249 e. The molecule has 3 aliphatic heterocycles. The summed E-state index contributed by atoms with van der Waals surface area (Å²) in [6.07, 6.45) is 1.32. The van der Waals surface area contributed by atoms with E-state index >= 15 is 0 Å². The van der Waals surface area contributed by atoms with Gasteiger partial charge in [-0.15, -0.1) is 0 Å². The molecule has 0 saturated heterocycles. The van der Waals surface area contributed by atoms with Crippen LogP contribution in [0.15, 0.2) is 57.6 Å². The van der Waals surface area contributed by atoms with Crippen molar-refractivity contribution in [3.63, 3.8) is 0 Å². The molecule has 4 aromatic rings. The summed E-state index contributed by atoms with van der Waals surface area (Å²) in [7, 11) is 1.75. The number of fused-ring (bicyclic) bond motifs is 4. The molecule has 0 fully saturated rings. The Balaban J connectivity index is 1.47. The number of likely N-dealkylation sites (N-methyl/N-ethyl adjacent to an activating group) is 1. The second kappa shape index (κ2) is 10.8. The van der Waals surface area contributed by atoms with Crippen LogP contribution in [-0.2, 0) is 21.4 Å². The van der Waals surface area contributed by atoms with Crippen molar-refractivity contribution in [3.8, 4) is 17.3 Å². The number of carbonyl (C=O) groups is 2. The van der Waals surface area contributed by atoms with Gasteiger partial charge in [0.1, 0.15) is 29.5 Å². The van der Waals surface area contributed by atoms with Gasteiger partial charge in [-0.05, 0) is 49.1 Å². The van der Waals surface area contributed by atoms with E-state index in [0.29, 0.717) is 34.7 Å². The van der Waals surface area contributed by atoms with Gasteiger partial charge in [0.05, 0.1) is 11.7 Å². The fraction of sp³-hybridized carbons (Fsp3) is 0.412. The van der Waals surface area contributed by atoms with Gasteiger partial charge in [-0.3, -0.25) is 9.59 Å². The molecular formula is C34H38N6O5. The summed E-state index contributed by atoms with van der Waals surface area (Å²) in [5.74, 6) is 1.22. The SMILES string of the molecule is CNC(C(=O)N[C@H]1Cc2ccc3c(c2)C2(c4ccccc4NC2O3)c2oc(nc2-c2nc(C)co2)[C@H](C(C)C)NC1=O)C(C)C. The Morgan fingerprint density at radius 3 is 2.58 bits per heavy atom. The predicted octanol–water partition coefficient (Wildman–Crippen LogP) is 4.21. The first-order valence-corrected chi connectivity index (χ1v) is 15.5. The quantitative estimate of drug-likeness (QED) is 0.252. The van der Waals surface area contributed by atoms with Crippen LogP contribution in [0.4, 0.5) is 5.69 Å². The lowest BCUT2D eigenvalue weighted by Gasteiger charge is -2.29. The summed E-state index contributed by atoms with van der Waals surface area (Å²) in [5.41, 5.74) is 3.84. The van der Waals surface area contributed by atoms with Crippen LogP contribution in [0.5, 0.6) is 5.75 Å². The molecule has 2 aromatic carbocycles. The van der Waals surface area contributed by atoms with E-state index in [0.717, 1.165) is 22.4 Å². The first-order chi connectivity index (χ1) is 21.6. The third kappa shape index (κ3) is 4.51. The molecule has 234 valence electrons. The molecule has 2 amide bonds. The van der Waals surface area contributed by atoms with Crippen LogP contribution < -0.4 is 26.0 Å². The van der Waals surface area contributed by atoms with Crippen molar-refractivity contribution in [2.75, 3.05) is 12.4 Å². The molecular weight excluding hydrogens is 572 g/mol. The minimum Gasteiger partial charge on any atom is -0.469 e. The number of carbonyl (C=O) groups excluding carboxylic acids is 2. The van der Waals surface area contributed by atoms with Gasteiger partial charge >= 0.3 is 0 Å². The molecule has 0 aliphatic carbocycles. The average molecular weight is 611 g/mol. The molecule has 3 unspecified atom stereocenters. The molecule has 0 radical (unpaired) electrons. The van der Waals surface area contributed by atoms with E-state index in [-0.39, 0.29) is 30.1 Å². The van der Waals surface area contributed by atoms with E-state index in [1.165, 1.54) is 0 Å². The van der Waals surface area contributed by atoms with E-state index < -0.39 is 29.8 Å². The van der Waals surface area contributed by atoms with Crippen molar-refractivity contribution in [1.29, 1.82) is 0 Å². The second-order valence-corrected chi connectivity index (χ2v) is 12.9. The Bertz CT molecular complexity index is 1790. The fourth-order valence-electron chi connectivity index (χ4n) is 6.94. The van der Waals surface area contributed by atoms with Crippen molar-refractivity contribution < 1.29 is 23.2 Å². The number of para-hydroxylation sites is 1. The minimum atomic E-state index is -0.941. The maximum absolute atomic E-state index is 14.0. The maximum Gasteiger partial charge on any atom is 0.249 e. The first kappa shape index (κ1) is 29.1. The molecule has 45 heavy (non-hydrogen) atoms. The number of oxazole rings is 2. The number of anilines is 1. The number of ether oxygens (including phenoxy) is 1. The highest BCUT2D eigenvalue weighted by atomic mass is 16.5. The van der Waals surface area contributed by atoms with E-state index in [2.05, 4.69) is 38.4 Å². The first-order valence-electron chi connectivity index (χ1n) is 15.5. The van der Waals surface area contributed by atoms with Crippen molar-refractivity contribution in [2.24, 2.45) is 11.8 Å². The van der Waals surface area contributed by atoms with E-state index in [1.54, 1.807) is 13.3 Å². The molecule has 3 aliphatic rings. The molecule has 5 heterocycles. The lowest BCUT2D eigenvalue weighted by atomic mass is 9.72. The van der Waals surface area contributed by atoms with E-state index in [1.807, 2.05) is 65.0 Å². The van der Waals surface area contributed by atoms with Crippen molar-refractivity contribution in [2.45, 2.75) is 70.8 Å². The van der Waals surface area contributed by atoms with Gasteiger partial charge in [0.2, 0.25) is 23.6 Å². The number of amides is 2. The van der Waals surface area contributed by atoms with Crippen LogP contribution in [0, 0.1) is 18.8 Å². The van der Waals surface area contributed by atoms with Crippen LogP contribution in [0.25, 0.3) is 11.6 Å². The summed E-state index contributed by atoms with van der Waals surface area (Å²) < 4.78 is 19.4. The molecule has 1 spiro atoms. The number of aromatic nitrogens is 2. The monoisotopic (exact) mass is 610 g/mol. The van der Waals surface area contributed by atoms with Gasteiger partial charge in [-0.2, -0.15) is 0 Å². The van der Waals surface area contributed by atoms with Gasteiger partial charge in [0, 0.05) is 17.7 Å². The highest BCUT2D eigenvalue weighted by Gasteiger charge is 2.61. The van der Waals surface area contributed by atoms with Crippen molar-refractivity contribution in [3.05, 3.63) is 82.8 Å². The average Bonchev–Trinajstić information content (AvgIpc) is 3.76. The van der Waals surface area contributed by atoms with Crippen LogP contribution in [0.3, 0.4) is 0 Å². The summed E-state index contributed by atoms with van der Waals surface area (Å²) in [5, 5.41) is 12.8. The molecule has 4 bridgehead atoms. The normalized spacial score (nSPS) is 23.7. The third-order valence-corrected chi connectivity index (χ3v) is 9.13. The summed E-state index contributed by atoms with van der Waals surface area (Å²) in [6.45, 7) is 9.77. The zero-order valence-electron chi connectivity index (χ0n) is 26.2. The Labute approximate surface area is 261 Å². The highest BCUT2D eigenvalue weighted by Crippen LogP contribution is 2.59. The summed E-state index contributed by atoms with van der Waals surface area (Å²) in [4.78, 5) is 37.1. The topological polar surface area (TPSA) is 144 Å². The maximum atomic E-state index is 14.0. The molecule has 11 heteroatoms. The van der Waals surface area contributed by atoms with Gasteiger partial charge in [0.25, 0.3) is 0 Å². The predicted molar refractivity (Wildman–Crippen MR) is 167 cm³/mol. The summed E-state index contributed by atoms with van der Waals surface area (Å²) >= 11 is 0. The van der Waals surface area contributed by atoms with Crippen LogP contribution in [0.2, 0.25) is 0 Å². The lowest BCUT2D eigenvalue weighted by molar-refractivity contribution is -0.131. The Kier molecular flexibility index (Phi) is 6.96. The van der Waals surface area contributed by atoms with Gasteiger partial charge in [0.15, 0.2) is 17.7 Å². The van der Waals surface area contributed by atoms with E-state index in [4.69, 9.17) is 18.6 Å². The molecule has 0 saturated carbocycles. The summed E-state index contributed by atoms with van der Waals surface area (Å²) in [6, 6.07) is 12.1. The number of nitrogens with zero attached hydrogens (tertiary/aromatic N) is 2. The number of benzene rings is 2. The number of hydrogen-bond acceptors (Lipinski definition) is 9.